The highest BCUT2D eigenvalue weighted by Gasteiger charge is 2.55. The Balaban J connectivity index is 1.81. The number of nitro benzene ring substituents is 2. The Kier molecular flexibility index (Phi) is 6.19. The van der Waals surface area contributed by atoms with Crippen LogP contribution in [0.2, 0.25) is 0 Å². The number of aromatic carboxylic acids is 1. The van der Waals surface area contributed by atoms with Crippen LogP contribution < -0.4 is 5.32 Å². The third kappa shape index (κ3) is 3.94. The van der Waals surface area contributed by atoms with Gasteiger partial charge in [0.25, 0.3) is 11.4 Å². The van der Waals surface area contributed by atoms with Crippen LogP contribution in [-0.4, -0.2) is 34.0 Å². The Morgan fingerprint density at radius 3 is 2.44 bits per heavy atom. The Bertz CT molecular complexity index is 1260. The molecule has 36 heavy (non-hydrogen) atoms. The van der Waals surface area contributed by atoms with Crippen molar-refractivity contribution in [3.63, 3.8) is 0 Å². The summed E-state index contributed by atoms with van der Waals surface area (Å²) in [6.45, 7) is 4.07. The van der Waals surface area contributed by atoms with Crippen molar-refractivity contribution in [1.82, 2.24) is 0 Å². The molecule has 190 valence electrons. The number of non-ortho nitro benzene ring substituents is 1. The molecule has 2 aliphatic rings. The van der Waals surface area contributed by atoms with E-state index in [9.17, 15) is 34.9 Å². The zero-order valence-electron chi connectivity index (χ0n) is 20.2. The van der Waals surface area contributed by atoms with Crippen molar-refractivity contribution in [2.75, 3.05) is 12.4 Å². The van der Waals surface area contributed by atoms with Crippen LogP contribution in [0.25, 0.3) is 0 Å². The third-order valence-corrected chi connectivity index (χ3v) is 8.02. The SMILES string of the molecule is COC(=O)[C@@]1(C)CCC[C@]2(C)c3cc(Nc4c(C(=O)O)cc([N+](=O)[O-])cc4[N+](=O)[O-])ccc3CC[C@H]12. The molecule has 3 atom stereocenters. The van der Waals surface area contributed by atoms with E-state index in [0.717, 1.165) is 55.4 Å². The Hall–Kier alpha value is -4.02. The van der Waals surface area contributed by atoms with Crippen molar-refractivity contribution in [2.24, 2.45) is 11.3 Å². The van der Waals surface area contributed by atoms with Crippen molar-refractivity contribution in [1.29, 1.82) is 0 Å². The molecule has 0 radical (unpaired) electrons. The zero-order chi connectivity index (χ0) is 26.4. The summed E-state index contributed by atoms with van der Waals surface area (Å²) < 4.78 is 5.16. The lowest BCUT2D eigenvalue weighted by molar-refractivity contribution is -0.393. The lowest BCUT2D eigenvalue weighted by Crippen LogP contribution is -2.52. The number of benzene rings is 2. The molecular formula is C25H27N3O8. The van der Waals surface area contributed by atoms with Gasteiger partial charge in [-0.25, -0.2) is 4.79 Å². The summed E-state index contributed by atoms with van der Waals surface area (Å²) >= 11 is 0. The standard InChI is InChI=1S/C25H27N3O8/c1-24-9-4-10-25(2,23(31)36-3)20(24)8-6-14-5-7-15(11-18(14)24)26-21-17(22(29)30)12-16(27(32)33)13-19(21)28(34)35/h5,7,11-13,20,26H,4,6,8-10H2,1-3H3,(H,29,30)/t20-,24+,25-/m0/s1. The van der Waals surface area contributed by atoms with Crippen molar-refractivity contribution in [3.8, 4) is 0 Å². The van der Waals surface area contributed by atoms with Crippen molar-refractivity contribution in [3.05, 3.63) is 67.3 Å². The minimum Gasteiger partial charge on any atom is -0.478 e. The second-order valence-corrected chi connectivity index (χ2v) is 9.98. The second kappa shape index (κ2) is 8.89. The normalized spacial score (nSPS) is 24.7. The van der Waals surface area contributed by atoms with Crippen LogP contribution >= 0.6 is 0 Å². The van der Waals surface area contributed by atoms with Crippen LogP contribution in [0.15, 0.2) is 30.3 Å². The van der Waals surface area contributed by atoms with Gasteiger partial charge in [-0.1, -0.05) is 19.4 Å². The minimum atomic E-state index is -1.53. The maximum Gasteiger partial charge on any atom is 0.338 e. The summed E-state index contributed by atoms with van der Waals surface area (Å²) in [5.74, 6) is -1.74. The molecule has 2 aromatic rings. The molecule has 0 spiro atoms. The molecule has 0 amide bonds. The first-order valence-electron chi connectivity index (χ1n) is 11.6. The van der Waals surface area contributed by atoms with Gasteiger partial charge < -0.3 is 15.2 Å². The van der Waals surface area contributed by atoms with E-state index in [0.29, 0.717) is 5.69 Å². The number of nitro groups is 2. The lowest BCUT2D eigenvalue weighted by atomic mass is 9.50. The molecule has 2 aromatic carbocycles. The van der Waals surface area contributed by atoms with Gasteiger partial charge >= 0.3 is 11.9 Å². The number of carbonyl (C=O) groups excluding carboxylic acids is 1. The number of esters is 1. The number of carbonyl (C=O) groups is 2. The number of hydrogen-bond donors (Lipinski definition) is 2. The topological polar surface area (TPSA) is 162 Å². The molecule has 4 rings (SSSR count). The molecule has 2 aliphatic carbocycles. The Labute approximate surface area is 206 Å². The van der Waals surface area contributed by atoms with Crippen LogP contribution in [-0.2, 0) is 21.4 Å². The number of fused-ring (bicyclic) bond motifs is 3. The highest BCUT2D eigenvalue weighted by molar-refractivity contribution is 5.99. The third-order valence-electron chi connectivity index (χ3n) is 8.02. The highest BCUT2D eigenvalue weighted by Crippen LogP contribution is 2.58. The first-order chi connectivity index (χ1) is 16.9. The second-order valence-electron chi connectivity index (χ2n) is 9.98. The van der Waals surface area contributed by atoms with E-state index < -0.39 is 38.2 Å². The highest BCUT2D eigenvalue weighted by atomic mass is 16.6. The van der Waals surface area contributed by atoms with Gasteiger partial charge in [-0.15, -0.1) is 0 Å². The molecule has 0 aliphatic heterocycles. The molecule has 0 heterocycles. The molecule has 1 saturated carbocycles. The fourth-order valence-electron chi connectivity index (χ4n) is 6.32. The van der Waals surface area contributed by atoms with Crippen LogP contribution in [0.3, 0.4) is 0 Å². The van der Waals surface area contributed by atoms with Gasteiger partial charge in [0.2, 0.25) is 0 Å². The van der Waals surface area contributed by atoms with E-state index >= 15 is 0 Å². The fraction of sp³-hybridized carbons (Fsp3) is 0.440. The maximum atomic E-state index is 12.8. The molecular weight excluding hydrogens is 470 g/mol. The van der Waals surface area contributed by atoms with E-state index in [1.807, 2.05) is 19.1 Å². The van der Waals surface area contributed by atoms with Gasteiger partial charge in [-0.05, 0) is 67.2 Å². The molecule has 2 N–H and O–H groups in total. The number of aryl methyl sites for hydroxylation is 1. The summed E-state index contributed by atoms with van der Waals surface area (Å²) in [5, 5.41) is 35.4. The van der Waals surface area contributed by atoms with E-state index in [-0.39, 0.29) is 23.0 Å². The van der Waals surface area contributed by atoms with Crippen LogP contribution in [0.1, 0.15) is 61.0 Å². The monoisotopic (exact) mass is 497 g/mol. The average Bonchev–Trinajstić information content (AvgIpc) is 2.83. The molecule has 1 fully saturated rings. The smallest absolute Gasteiger partial charge is 0.338 e. The predicted molar refractivity (Wildman–Crippen MR) is 130 cm³/mol. The summed E-state index contributed by atoms with van der Waals surface area (Å²) in [6, 6.07) is 7.01. The van der Waals surface area contributed by atoms with Crippen molar-refractivity contribution < 1.29 is 29.3 Å². The van der Waals surface area contributed by atoms with Gasteiger partial charge in [-0.2, -0.15) is 0 Å². The van der Waals surface area contributed by atoms with Crippen LogP contribution in [0, 0.1) is 31.6 Å². The van der Waals surface area contributed by atoms with Gasteiger partial charge in [-0.3, -0.25) is 25.0 Å². The Morgan fingerprint density at radius 1 is 1.11 bits per heavy atom. The Morgan fingerprint density at radius 2 is 1.83 bits per heavy atom. The number of methoxy groups -OCH3 is 1. The van der Waals surface area contributed by atoms with Gasteiger partial charge in [0.15, 0.2) is 0 Å². The molecule has 0 saturated heterocycles. The molecule has 11 nitrogen and oxygen atoms in total. The van der Waals surface area contributed by atoms with E-state index in [1.165, 1.54) is 7.11 Å². The number of nitrogens with zero attached hydrogens (tertiary/aromatic N) is 2. The maximum absolute atomic E-state index is 12.8. The van der Waals surface area contributed by atoms with Gasteiger partial charge in [0.05, 0.1) is 34.0 Å². The van der Waals surface area contributed by atoms with E-state index in [4.69, 9.17) is 4.74 Å². The number of carboxylic acids is 1. The largest absolute Gasteiger partial charge is 0.478 e. The summed E-state index contributed by atoms with van der Waals surface area (Å²) in [5.41, 5.74) is -0.785. The molecule has 0 aromatic heterocycles. The van der Waals surface area contributed by atoms with E-state index in [1.54, 1.807) is 6.07 Å². The first kappa shape index (κ1) is 25.1. The molecule has 11 heteroatoms. The van der Waals surface area contributed by atoms with Crippen LogP contribution in [0.5, 0.6) is 0 Å². The van der Waals surface area contributed by atoms with Crippen molar-refractivity contribution in [2.45, 2.75) is 51.4 Å². The minimum absolute atomic E-state index is 0.0252. The number of ether oxygens (including phenoxy) is 1. The fourth-order valence-corrected chi connectivity index (χ4v) is 6.32. The quantitative estimate of drug-likeness (QED) is 0.313. The van der Waals surface area contributed by atoms with Crippen LogP contribution in [0.4, 0.5) is 22.7 Å². The number of anilines is 2. The number of nitrogens with one attached hydrogen (secondary N) is 1. The van der Waals surface area contributed by atoms with Crippen molar-refractivity contribution >= 4 is 34.7 Å². The number of rotatable bonds is 6. The van der Waals surface area contributed by atoms with Gasteiger partial charge in [0.1, 0.15) is 5.69 Å². The first-order valence-corrected chi connectivity index (χ1v) is 11.6. The average molecular weight is 498 g/mol. The zero-order valence-corrected chi connectivity index (χ0v) is 20.2. The van der Waals surface area contributed by atoms with E-state index in [2.05, 4.69) is 12.2 Å². The molecule has 0 bridgehead atoms. The molecule has 0 unspecified atom stereocenters. The number of carboxylic acid groups (broad SMARTS) is 1. The summed E-state index contributed by atoms with van der Waals surface area (Å²) in [6.07, 6.45) is 3.97. The number of hydrogen-bond acceptors (Lipinski definition) is 8. The summed E-state index contributed by atoms with van der Waals surface area (Å²) in [4.78, 5) is 45.8. The lowest BCUT2D eigenvalue weighted by Gasteiger charge is -2.54. The predicted octanol–water partition coefficient (Wildman–Crippen LogP) is 5.13. The van der Waals surface area contributed by atoms with Gasteiger partial charge in [0, 0.05) is 11.8 Å². The summed E-state index contributed by atoms with van der Waals surface area (Å²) in [7, 11) is 1.40.